The minimum Gasteiger partial charge on any atom is -0.458 e. The minimum atomic E-state index is -0.213. The Kier molecular flexibility index (Phi) is 7.27. The standard InChI is InChI=1S/C16H21ClO2/c1-3-4-5-6-7-13(2)19-16(18)12-14-8-10-15(17)11-9-14/h6-11,13H,3-5,12H2,1-2H3/b7-6+. The first-order valence-electron chi connectivity index (χ1n) is 6.72. The largest absolute Gasteiger partial charge is 0.458 e. The van der Waals surface area contributed by atoms with E-state index in [1.807, 2.05) is 25.1 Å². The predicted molar refractivity (Wildman–Crippen MR) is 79.4 cm³/mol. The molecule has 0 radical (unpaired) electrons. The number of benzene rings is 1. The quantitative estimate of drug-likeness (QED) is 0.416. The predicted octanol–water partition coefficient (Wildman–Crippen LogP) is 4.56. The highest BCUT2D eigenvalue weighted by Crippen LogP contribution is 2.11. The summed E-state index contributed by atoms with van der Waals surface area (Å²) < 4.78 is 5.31. The molecule has 0 amide bonds. The summed E-state index contributed by atoms with van der Waals surface area (Å²) in [6.07, 6.45) is 7.51. The van der Waals surface area contributed by atoms with Gasteiger partial charge in [-0.2, -0.15) is 0 Å². The van der Waals surface area contributed by atoms with Crippen molar-refractivity contribution in [3.05, 3.63) is 47.0 Å². The molecule has 0 bridgehead atoms. The van der Waals surface area contributed by atoms with Gasteiger partial charge in [-0.25, -0.2) is 0 Å². The van der Waals surface area contributed by atoms with E-state index < -0.39 is 0 Å². The summed E-state index contributed by atoms with van der Waals surface area (Å²) in [5.41, 5.74) is 0.913. The average Bonchev–Trinajstić information content (AvgIpc) is 2.37. The fourth-order valence-corrected chi connectivity index (χ4v) is 1.79. The van der Waals surface area contributed by atoms with Crippen molar-refractivity contribution < 1.29 is 9.53 Å². The van der Waals surface area contributed by atoms with Crippen molar-refractivity contribution in [1.29, 1.82) is 0 Å². The molecule has 0 saturated carbocycles. The Balaban J connectivity index is 2.34. The van der Waals surface area contributed by atoms with Gasteiger partial charge in [-0.05, 0) is 37.1 Å². The van der Waals surface area contributed by atoms with Crippen LogP contribution in [0.1, 0.15) is 38.7 Å². The first-order chi connectivity index (χ1) is 9.11. The van der Waals surface area contributed by atoms with Crippen molar-refractivity contribution in [2.75, 3.05) is 0 Å². The van der Waals surface area contributed by atoms with Crippen LogP contribution in [0.4, 0.5) is 0 Å². The number of esters is 1. The van der Waals surface area contributed by atoms with Gasteiger partial charge in [0.2, 0.25) is 0 Å². The van der Waals surface area contributed by atoms with Crippen LogP contribution >= 0.6 is 11.6 Å². The fraction of sp³-hybridized carbons (Fsp3) is 0.438. The second-order valence-corrected chi connectivity index (χ2v) is 5.01. The fourth-order valence-electron chi connectivity index (χ4n) is 1.67. The molecule has 3 heteroatoms. The summed E-state index contributed by atoms with van der Waals surface area (Å²) in [4.78, 5) is 11.7. The highest BCUT2D eigenvalue weighted by molar-refractivity contribution is 6.30. The number of hydrogen-bond donors (Lipinski definition) is 0. The van der Waals surface area contributed by atoms with Crippen LogP contribution in [0, 0.1) is 0 Å². The third kappa shape index (κ3) is 7.02. The lowest BCUT2D eigenvalue weighted by Gasteiger charge is -2.09. The van der Waals surface area contributed by atoms with Gasteiger partial charge in [0.25, 0.3) is 0 Å². The summed E-state index contributed by atoms with van der Waals surface area (Å²) >= 11 is 5.79. The van der Waals surface area contributed by atoms with Gasteiger partial charge in [-0.3, -0.25) is 4.79 Å². The van der Waals surface area contributed by atoms with Gasteiger partial charge in [0.15, 0.2) is 0 Å². The van der Waals surface area contributed by atoms with Crippen molar-refractivity contribution >= 4 is 17.6 Å². The maximum absolute atomic E-state index is 11.7. The molecule has 1 aromatic carbocycles. The van der Waals surface area contributed by atoms with Gasteiger partial charge in [0, 0.05) is 5.02 Å². The molecule has 1 unspecified atom stereocenters. The van der Waals surface area contributed by atoms with E-state index in [1.165, 1.54) is 12.8 Å². The van der Waals surface area contributed by atoms with E-state index in [2.05, 4.69) is 13.0 Å². The summed E-state index contributed by atoms with van der Waals surface area (Å²) in [6.45, 7) is 4.03. The van der Waals surface area contributed by atoms with E-state index in [0.29, 0.717) is 5.02 Å². The van der Waals surface area contributed by atoms with Crippen LogP contribution in [-0.2, 0) is 16.0 Å². The third-order valence-corrected chi connectivity index (χ3v) is 2.96. The lowest BCUT2D eigenvalue weighted by atomic mass is 10.1. The Morgan fingerprint density at radius 3 is 2.68 bits per heavy atom. The molecule has 104 valence electrons. The zero-order valence-electron chi connectivity index (χ0n) is 11.6. The van der Waals surface area contributed by atoms with Crippen LogP contribution in [0.15, 0.2) is 36.4 Å². The number of ether oxygens (including phenoxy) is 1. The van der Waals surface area contributed by atoms with Gasteiger partial charge in [-0.15, -0.1) is 0 Å². The van der Waals surface area contributed by atoms with Gasteiger partial charge in [0.05, 0.1) is 6.42 Å². The van der Waals surface area contributed by atoms with E-state index in [0.717, 1.165) is 12.0 Å². The number of carbonyl (C=O) groups is 1. The second kappa shape index (κ2) is 8.76. The summed E-state index contributed by atoms with van der Waals surface area (Å²) in [5, 5.41) is 0.671. The van der Waals surface area contributed by atoms with Crippen LogP contribution in [0.3, 0.4) is 0 Å². The van der Waals surface area contributed by atoms with E-state index in [1.54, 1.807) is 12.1 Å². The summed E-state index contributed by atoms with van der Waals surface area (Å²) in [5.74, 6) is -0.213. The average molecular weight is 281 g/mol. The van der Waals surface area contributed by atoms with Crippen molar-refractivity contribution in [1.82, 2.24) is 0 Å². The first-order valence-corrected chi connectivity index (χ1v) is 7.10. The normalized spacial score (nSPS) is 12.6. The minimum absolute atomic E-state index is 0.170. The van der Waals surface area contributed by atoms with Crippen molar-refractivity contribution in [2.45, 2.75) is 45.6 Å². The topological polar surface area (TPSA) is 26.3 Å². The Hall–Kier alpha value is -1.28. The molecule has 0 aromatic heterocycles. The zero-order chi connectivity index (χ0) is 14.1. The summed E-state index contributed by atoms with van der Waals surface area (Å²) in [7, 11) is 0. The maximum atomic E-state index is 11.7. The molecule has 0 N–H and O–H groups in total. The zero-order valence-corrected chi connectivity index (χ0v) is 12.3. The molecule has 1 aromatic rings. The molecule has 0 saturated heterocycles. The third-order valence-electron chi connectivity index (χ3n) is 2.71. The molecule has 0 spiro atoms. The first kappa shape index (κ1) is 15.8. The molecule has 0 fully saturated rings. The Labute approximate surface area is 120 Å². The van der Waals surface area contributed by atoms with Crippen molar-refractivity contribution in [3.63, 3.8) is 0 Å². The molecule has 0 aliphatic rings. The molecular formula is C16H21ClO2. The van der Waals surface area contributed by atoms with E-state index in [-0.39, 0.29) is 18.5 Å². The molecule has 0 aliphatic carbocycles. The number of allylic oxidation sites excluding steroid dienone is 1. The van der Waals surface area contributed by atoms with Crippen molar-refractivity contribution in [3.8, 4) is 0 Å². The van der Waals surface area contributed by atoms with Crippen LogP contribution in [0.25, 0.3) is 0 Å². The lowest BCUT2D eigenvalue weighted by molar-refractivity contribution is -0.145. The second-order valence-electron chi connectivity index (χ2n) is 4.57. The number of halogens is 1. The van der Waals surface area contributed by atoms with Gasteiger partial charge in [0.1, 0.15) is 6.10 Å². The SMILES string of the molecule is CCCC/C=C/C(C)OC(=O)Cc1ccc(Cl)cc1. The van der Waals surface area contributed by atoms with Crippen LogP contribution in [-0.4, -0.2) is 12.1 Å². The monoisotopic (exact) mass is 280 g/mol. The van der Waals surface area contributed by atoms with Gasteiger partial charge in [-0.1, -0.05) is 49.6 Å². The number of rotatable bonds is 7. The Bertz CT molecular complexity index is 409. The maximum Gasteiger partial charge on any atom is 0.310 e. The molecule has 19 heavy (non-hydrogen) atoms. The highest BCUT2D eigenvalue weighted by atomic mass is 35.5. The highest BCUT2D eigenvalue weighted by Gasteiger charge is 2.07. The molecule has 1 atom stereocenters. The smallest absolute Gasteiger partial charge is 0.310 e. The van der Waals surface area contributed by atoms with Crippen LogP contribution < -0.4 is 0 Å². The van der Waals surface area contributed by atoms with Gasteiger partial charge < -0.3 is 4.74 Å². The van der Waals surface area contributed by atoms with Gasteiger partial charge >= 0.3 is 5.97 Å². The molecule has 0 heterocycles. The molecular weight excluding hydrogens is 260 g/mol. The van der Waals surface area contributed by atoms with Crippen LogP contribution in [0.2, 0.25) is 5.02 Å². The number of unbranched alkanes of at least 4 members (excludes halogenated alkanes) is 2. The number of hydrogen-bond acceptors (Lipinski definition) is 2. The molecule has 1 rings (SSSR count). The van der Waals surface area contributed by atoms with E-state index in [9.17, 15) is 4.79 Å². The van der Waals surface area contributed by atoms with E-state index >= 15 is 0 Å². The molecule has 0 aliphatic heterocycles. The number of carbonyl (C=O) groups excluding carboxylic acids is 1. The van der Waals surface area contributed by atoms with Crippen LogP contribution in [0.5, 0.6) is 0 Å². The molecule has 2 nitrogen and oxygen atoms in total. The Morgan fingerprint density at radius 2 is 2.05 bits per heavy atom. The lowest BCUT2D eigenvalue weighted by Crippen LogP contribution is -2.14. The Morgan fingerprint density at radius 1 is 1.37 bits per heavy atom. The summed E-state index contributed by atoms with van der Waals surface area (Å²) in [6, 6.07) is 7.23. The van der Waals surface area contributed by atoms with Crippen molar-refractivity contribution in [2.24, 2.45) is 0 Å². The van der Waals surface area contributed by atoms with E-state index in [4.69, 9.17) is 16.3 Å².